The van der Waals surface area contributed by atoms with Gasteiger partial charge in [-0.3, -0.25) is 9.69 Å². The molecule has 2 aliphatic rings. The van der Waals surface area contributed by atoms with E-state index >= 15 is 0 Å². The van der Waals surface area contributed by atoms with Gasteiger partial charge in [-0.1, -0.05) is 19.0 Å². The quantitative estimate of drug-likeness (QED) is 0.809. The molecule has 2 fully saturated rings. The van der Waals surface area contributed by atoms with Crippen LogP contribution in [0.5, 0.6) is 0 Å². The number of hydrogen-bond acceptors (Lipinski definition) is 6. The lowest BCUT2D eigenvalue weighted by atomic mass is 10.0. The maximum absolute atomic E-state index is 12.8. The summed E-state index contributed by atoms with van der Waals surface area (Å²) in [6.07, 6.45) is 0.935. The number of amides is 1. The minimum atomic E-state index is -0.0547. The van der Waals surface area contributed by atoms with Crippen molar-refractivity contribution >= 4 is 5.91 Å². The highest BCUT2D eigenvalue weighted by molar-refractivity contribution is 5.92. The summed E-state index contributed by atoms with van der Waals surface area (Å²) in [6, 6.07) is 1.89. The van der Waals surface area contributed by atoms with Crippen molar-refractivity contribution in [1.29, 1.82) is 0 Å². The standard InChI is InChI=1S/C17H27N3O4/c1-13(2)9-14-12-23-8-5-20(14)17(21)16-10-15(24-18-16)11-19-3-6-22-7-4-19/h10,13-14H,3-9,11-12H2,1-2H3/t14-/m1/s1. The summed E-state index contributed by atoms with van der Waals surface area (Å²) in [7, 11) is 0. The van der Waals surface area contributed by atoms with Crippen molar-refractivity contribution in [3.63, 3.8) is 0 Å². The molecule has 0 saturated carbocycles. The molecule has 2 aliphatic heterocycles. The van der Waals surface area contributed by atoms with E-state index in [4.69, 9.17) is 14.0 Å². The van der Waals surface area contributed by atoms with Gasteiger partial charge in [-0.2, -0.15) is 0 Å². The van der Waals surface area contributed by atoms with Crippen molar-refractivity contribution in [3.05, 3.63) is 17.5 Å². The second kappa shape index (κ2) is 8.09. The summed E-state index contributed by atoms with van der Waals surface area (Å²) in [5.74, 6) is 1.19. The van der Waals surface area contributed by atoms with Gasteiger partial charge in [0.25, 0.3) is 5.91 Å². The predicted molar refractivity (Wildman–Crippen MR) is 87.7 cm³/mol. The second-order valence-electron chi connectivity index (χ2n) is 6.92. The highest BCUT2D eigenvalue weighted by Crippen LogP contribution is 2.19. The van der Waals surface area contributed by atoms with Crippen LogP contribution in [0.3, 0.4) is 0 Å². The number of carbonyl (C=O) groups is 1. The van der Waals surface area contributed by atoms with Crippen LogP contribution in [-0.4, -0.2) is 73.0 Å². The molecule has 24 heavy (non-hydrogen) atoms. The van der Waals surface area contributed by atoms with Gasteiger partial charge in [-0.05, 0) is 12.3 Å². The van der Waals surface area contributed by atoms with E-state index in [1.165, 1.54) is 0 Å². The molecule has 1 amide bonds. The third-order valence-corrected chi connectivity index (χ3v) is 4.49. The van der Waals surface area contributed by atoms with Gasteiger partial charge in [0.05, 0.1) is 39.0 Å². The fourth-order valence-electron chi connectivity index (χ4n) is 3.28. The lowest BCUT2D eigenvalue weighted by Gasteiger charge is -2.36. The molecule has 1 aromatic rings. The Balaban J connectivity index is 1.63. The Labute approximate surface area is 142 Å². The molecule has 3 heterocycles. The van der Waals surface area contributed by atoms with E-state index in [9.17, 15) is 4.79 Å². The number of carbonyl (C=O) groups excluding carboxylic acids is 1. The normalized spacial score (nSPS) is 23.0. The van der Waals surface area contributed by atoms with Crippen LogP contribution in [0.4, 0.5) is 0 Å². The van der Waals surface area contributed by atoms with Crippen LogP contribution in [0.1, 0.15) is 36.5 Å². The van der Waals surface area contributed by atoms with E-state index < -0.39 is 0 Å². The molecule has 0 N–H and O–H groups in total. The van der Waals surface area contributed by atoms with Crippen molar-refractivity contribution in [2.75, 3.05) is 46.1 Å². The summed E-state index contributed by atoms with van der Waals surface area (Å²) < 4.78 is 16.3. The number of hydrogen-bond donors (Lipinski definition) is 0. The highest BCUT2D eigenvalue weighted by Gasteiger charge is 2.30. The van der Waals surface area contributed by atoms with Crippen LogP contribution in [0.2, 0.25) is 0 Å². The molecule has 3 rings (SSSR count). The minimum absolute atomic E-state index is 0.0547. The minimum Gasteiger partial charge on any atom is -0.379 e. The van der Waals surface area contributed by atoms with Crippen molar-refractivity contribution in [1.82, 2.24) is 15.0 Å². The van der Waals surface area contributed by atoms with Crippen molar-refractivity contribution in [3.8, 4) is 0 Å². The summed E-state index contributed by atoms with van der Waals surface area (Å²) in [4.78, 5) is 16.9. The Kier molecular flexibility index (Phi) is 5.86. The molecule has 0 aliphatic carbocycles. The molecular formula is C17H27N3O4. The number of rotatable bonds is 5. The Hall–Kier alpha value is -1.44. The summed E-state index contributed by atoms with van der Waals surface area (Å²) in [6.45, 7) is 10.0. The molecule has 134 valence electrons. The fourth-order valence-corrected chi connectivity index (χ4v) is 3.28. The molecule has 7 nitrogen and oxygen atoms in total. The molecule has 0 bridgehead atoms. The van der Waals surface area contributed by atoms with E-state index in [0.717, 1.165) is 38.5 Å². The van der Waals surface area contributed by atoms with E-state index in [-0.39, 0.29) is 11.9 Å². The molecule has 2 saturated heterocycles. The van der Waals surface area contributed by atoms with Crippen LogP contribution < -0.4 is 0 Å². The SMILES string of the molecule is CC(C)C[C@@H]1COCCN1C(=O)c1cc(CN2CCOCC2)on1. The largest absolute Gasteiger partial charge is 0.379 e. The molecule has 0 radical (unpaired) electrons. The number of aromatic nitrogens is 1. The third-order valence-electron chi connectivity index (χ3n) is 4.49. The molecule has 0 aromatic carbocycles. The molecular weight excluding hydrogens is 310 g/mol. The molecule has 0 spiro atoms. The fraction of sp³-hybridized carbons (Fsp3) is 0.765. The van der Waals surface area contributed by atoms with Gasteiger partial charge in [-0.25, -0.2) is 0 Å². The molecule has 1 aromatic heterocycles. The second-order valence-corrected chi connectivity index (χ2v) is 6.92. The van der Waals surface area contributed by atoms with Gasteiger partial charge in [0.2, 0.25) is 0 Å². The summed E-state index contributed by atoms with van der Waals surface area (Å²) in [5, 5.41) is 4.01. The first-order valence-corrected chi connectivity index (χ1v) is 8.78. The number of ether oxygens (including phenoxy) is 2. The summed E-state index contributed by atoms with van der Waals surface area (Å²) in [5.41, 5.74) is 0.397. The number of nitrogens with zero attached hydrogens (tertiary/aromatic N) is 3. The summed E-state index contributed by atoms with van der Waals surface area (Å²) >= 11 is 0. The maximum atomic E-state index is 12.8. The maximum Gasteiger partial charge on any atom is 0.276 e. The lowest BCUT2D eigenvalue weighted by molar-refractivity contribution is -0.00794. The number of morpholine rings is 2. The Morgan fingerprint density at radius 2 is 2.00 bits per heavy atom. The Morgan fingerprint density at radius 1 is 1.25 bits per heavy atom. The van der Waals surface area contributed by atoms with Crippen molar-refractivity contribution in [2.45, 2.75) is 32.9 Å². The van der Waals surface area contributed by atoms with Crippen LogP contribution >= 0.6 is 0 Å². The van der Waals surface area contributed by atoms with Gasteiger partial charge < -0.3 is 18.9 Å². The van der Waals surface area contributed by atoms with Crippen LogP contribution in [0, 0.1) is 5.92 Å². The van der Waals surface area contributed by atoms with Crippen LogP contribution in [-0.2, 0) is 16.0 Å². The van der Waals surface area contributed by atoms with E-state index in [0.29, 0.717) is 37.9 Å². The molecule has 0 unspecified atom stereocenters. The molecule has 7 heteroatoms. The van der Waals surface area contributed by atoms with Gasteiger partial charge in [0.15, 0.2) is 11.5 Å². The highest BCUT2D eigenvalue weighted by atomic mass is 16.5. The Bertz CT molecular complexity index is 540. The average molecular weight is 337 g/mol. The van der Waals surface area contributed by atoms with Gasteiger partial charge >= 0.3 is 0 Å². The monoisotopic (exact) mass is 337 g/mol. The van der Waals surface area contributed by atoms with Crippen molar-refractivity contribution in [2.24, 2.45) is 5.92 Å². The smallest absolute Gasteiger partial charge is 0.276 e. The zero-order valence-corrected chi connectivity index (χ0v) is 14.6. The van der Waals surface area contributed by atoms with E-state index in [1.54, 1.807) is 6.07 Å². The third kappa shape index (κ3) is 4.34. The topological polar surface area (TPSA) is 68.0 Å². The molecule has 1 atom stereocenters. The predicted octanol–water partition coefficient (Wildman–Crippen LogP) is 1.39. The first-order chi connectivity index (χ1) is 11.6. The van der Waals surface area contributed by atoms with Gasteiger partial charge in [0, 0.05) is 25.7 Å². The van der Waals surface area contributed by atoms with Crippen LogP contribution in [0.25, 0.3) is 0 Å². The van der Waals surface area contributed by atoms with E-state index in [1.807, 2.05) is 4.90 Å². The first kappa shape index (κ1) is 17.4. The average Bonchev–Trinajstić information content (AvgIpc) is 3.03. The Morgan fingerprint density at radius 3 is 2.75 bits per heavy atom. The van der Waals surface area contributed by atoms with Crippen molar-refractivity contribution < 1.29 is 18.8 Å². The first-order valence-electron chi connectivity index (χ1n) is 8.78. The van der Waals surface area contributed by atoms with Crippen LogP contribution in [0.15, 0.2) is 10.6 Å². The lowest BCUT2D eigenvalue weighted by Crippen LogP contribution is -2.49. The zero-order valence-electron chi connectivity index (χ0n) is 14.6. The van der Waals surface area contributed by atoms with Gasteiger partial charge in [-0.15, -0.1) is 0 Å². The van der Waals surface area contributed by atoms with Gasteiger partial charge in [0.1, 0.15) is 0 Å². The van der Waals surface area contributed by atoms with E-state index in [2.05, 4.69) is 23.9 Å². The zero-order chi connectivity index (χ0) is 16.9.